The number of aliphatic carboxylic acids is 1. The van der Waals surface area contributed by atoms with E-state index in [2.05, 4.69) is 9.97 Å². The molecular formula is C11H10N2O2. The fourth-order valence-corrected chi connectivity index (χ4v) is 1.41. The molecule has 2 rings (SSSR count). The number of rotatable bonds is 3. The molecule has 0 saturated carbocycles. The van der Waals surface area contributed by atoms with Crippen LogP contribution in [0, 0.1) is 0 Å². The third-order valence-electron chi connectivity index (χ3n) is 2.17. The first-order chi connectivity index (χ1) is 7.25. The number of carboxylic acids is 1. The van der Waals surface area contributed by atoms with Crippen LogP contribution in [0.3, 0.4) is 0 Å². The summed E-state index contributed by atoms with van der Waals surface area (Å²) in [5.74, 6) is -0.790. The van der Waals surface area contributed by atoms with Gasteiger partial charge in [-0.15, -0.1) is 0 Å². The van der Waals surface area contributed by atoms with E-state index in [1.165, 1.54) is 0 Å². The van der Waals surface area contributed by atoms with Crippen molar-refractivity contribution in [2.24, 2.45) is 0 Å². The molecule has 0 aliphatic carbocycles. The summed E-state index contributed by atoms with van der Waals surface area (Å²) in [7, 11) is 0. The Morgan fingerprint density at radius 1 is 1.40 bits per heavy atom. The van der Waals surface area contributed by atoms with E-state index in [4.69, 9.17) is 5.11 Å². The van der Waals surface area contributed by atoms with E-state index >= 15 is 0 Å². The molecule has 0 aliphatic heterocycles. The average Bonchev–Trinajstić information content (AvgIpc) is 2.26. The zero-order valence-electron chi connectivity index (χ0n) is 8.05. The third kappa shape index (κ3) is 2.28. The highest BCUT2D eigenvalue weighted by Crippen LogP contribution is 2.12. The Hall–Kier alpha value is -1.97. The number of aryl methyl sites for hydroxylation is 1. The van der Waals surface area contributed by atoms with Crippen molar-refractivity contribution >= 4 is 16.9 Å². The molecule has 0 bridgehead atoms. The van der Waals surface area contributed by atoms with Crippen LogP contribution in [-0.4, -0.2) is 21.0 Å². The highest BCUT2D eigenvalue weighted by atomic mass is 16.4. The van der Waals surface area contributed by atoms with E-state index in [0.29, 0.717) is 6.42 Å². The largest absolute Gasteiger partial charge is 0.481 e. The lowest BCUT2D eigenvalue weighted by Crippen LogP contribution is -1.97. The van der Waals surface area contributed by atoms with Crippen molar-refractivity contribution in [1.82, 2.24) is 9.97 Å². The fraction of sp³-hybridized carbons (Fsp3) is 0.182. The lowest BCUT2D eigenvalue weighted by molar-refractivity contribution is -0.136. The fourth-order valence-electron chi connectivity index (χ4n) is 1.41. The van der Waals surface area contributed by atoms with Crippen LogP contribution >= 0.6 is 0 Å². The van der Waals surface area contributed by atoms with Crippen molar-refractivity contribution in [1.29, 1.82) is 0 Å². The number of aromatic nitrogens is 2. The quantitative estimate of drug-likeness (QED) is 0.821. The zero-order valence-corrected chi connectivity index (χ0v) is 8.05. The Morgan fingerprint density at radius 2 is 2.27 bits per heavy atom. The second-order valence-electron chi connectivity index (χ2n) is 3.31. The van der Waals surface area contributed by atoms with E-state index in [1.54, 1.807) is 18.6 Å². The molecule has 0 atom stereocenters. The van der Waals surface area contributed by atoms with Gasteiger partial charge in [0.2, 0.25) is 0 Å². The first kappa shape index (κ1) is 9.58. The van der Waals surface area contributed by atoms with Crippen LogP contribution in [-0.2, 0) is 11.2 Å². The van der Waals surface area contributed by atoms with Crippen LogP contribution in [0.25, 0.3) is 10.9 Å². The topological polar surface area (TPSA) is 63.1 Å². The highest BCUT2D eigenvalue weighted by molar-refractivity contribution is 5.77. The van der Waals surface area contributed by atoms with Crippen LogP contribution in [0.4, 0.5) is 0 Å². The van der Waals surface area contributed by atoms with Gasteiger partial charge in [0.05, 0.1) is 5.52 Å². The summed E-state index contributed by atoms with van der Waals surface area (Å²) in [6.07, 6.45) is 5.77. The van der Waals surface area contributed by atoms with Crippen LogP contribution in [0.2, 0.25) is 0 Å². The average molecular weight is 202 g/mol. The maximum atomic E-state index is 10.4. The van der Waals surface area contributed by atoms with Gasteiger partial charge in [0.15, 0.2) is 0 Å². The Bertz CT molecular complexity index is 497. The van der Waals surface area contributed by atoms with E-state index in [9.17, 15) is 4.79 Å². The van der Waals surface area contributed by atoms with Crippen LogP contribution in [0.1, 0.15) is 12.0 Å². The Kier molecular flexibility index (Phi) is 2.58. The van der Waals surface area contributed by atoms with Gasteiger partial charge in [0.1, 0.15) is 0 Å². The van der Waals surface area contributed by atoms with E-state index in [-0.39, 0.29) is 6.42 Å². The van der Waals surface area contributed by atoms with Gasteiger partial charge in [0, 0.05) is 30.4 Å². The minimum atomic E-state index is -0.790. The minimum absolute atomic E-state index is 0.132. The molecule has 15 heavy (non-hydrogen) atoms. The number of pyridine rings is 2. The molecule has 0 fully saturated rings. The molecule has 2 heterocycles. The van der Waals surface area contributed by atoms with Gasteiger partial charge in [-0.3, -0.25) is 14.8 Å². The van der Waals surface area contributed by atoms with Crippen molar-refractivity contribution in [2.75, 3.05) is 0 Å². The number of carboxylic acid groups (broad SMARTS) is 1. The van der Waals surface area contributed by atoms with E-state index in [0.717, 1.165) is 16.5 Å². The molecule has 2 aromatic heterocycles. The van der Waals surface area contributed by atoms with E-state index in [1.807, 2.05) is 12.1 Å². The lowest BCUT2D eigenvalue weighted by atomic mass is 10.1. The zero-order chi connectivity index (χ0) is 10.7. The first-order valence-electron chi connectivity index (χ1n) is 4.66. The Labute approximate surface area is 86.6 Å². The summed E-state index contributed by atoms with van der Waals surface area (Å²) in [6.45, 7) is 0. The van der Waals surface area contributed by atoms with Gasteiger partial charge in [0.25, 0.3) is 0 Å². The molecule has 0 unspecified atom stereocenters. The number of nitrogens with zero attached hydrogens (tertiary/aromatic N) is 2. The Morgan fingerprint density at radius 3 is 3.07 bits per heavy atom. The van der Waals surface area contributed by atoms with Crippen molar-refractivity contribution < 1.29 is 9.90 Å². The van der Waals surface area contributed by atoms with Gasteiger partial charge in [-0.2, -0.15) is 0 Å². The molecule has 0 aliphatic rings. The standard InChI is InChI=1S/C11H10N2O2/c14-11(15)2-1-8-5-9-7-12-4-3-10(9)13-6-8/h3-7H,1-2H2,(H,14,15). The molecule has 4 nitrogen and oxygen atoms in total. The molecule has 76 valence electrons. The monoisotopic (exact) mass is 202 g/mol. The Balaban J connectivity index is 2.26. The van der Waals surface area contributed by atoms with Crippen molar-refractivity contribution in [3.05, 3.63) is 36.3 Å². The van der Waals surface area contributed by atoms with Gasteiger partial charge in [-0.1, -0.05) is 0 Å². The van der Waals surface area contributed by atoms with Crippen LogP contribution in [0.5, 0.6) is 0 Å². The number of hydrogen-bond acceptors (Lipinski definition) is 3. The molecule has 0 aromatic carbocycles. The van der Waals surface area contributed by atoms with Crippen molar-refractivity contribution in [3.8, 4) is 0 Å². The van der Waals surface area contributed by atoms with Crippen molar-refractivity contribution in [2.45, 2.75) is 12.8 Å². The number of carbonyl (C=O) groups is 1. The SMILES string of the molecule is O=C(O)CCc1cnc2ccncc2c1. The molecule has 0 saturated heterocycles. The summed E-state index contributed by atoms with van der Waals surface area (Å²) in [5, 5.41) is 9.50. The van der Waals surface area contributed by atoms with Crippen LogP contribution < -0.4 is 0 Å². The van der Waals surface area contributed by atoms with Gasteiger partial charge in [-0.25, -0.2) is 0 Å². The predicted molar refractivity (Wildman–Crippen MR) is 55.5 cm³/mol. The second kappa shape index (κ2) is 4.04. The van der Waals surface area contributed by atoms with Crippen LogP contribution in [0.15, 0.2) is 30.7 Å². The van der Waals surface area contributed by atoms with Crippen molar-refractivity contribution in [3.63, 3.8) is 0 Å². The maximum Gasteiger partial charge on any atom is 0.303 e. The minimum Gasteiger partial charge on any atom is -0.481 e. The molecule has 0 spiro atoms. The summed E-state index contributed by atoms with van der Waals surface area (Å²) < 4.78 is 0. The van der Waals surface area contributed by atoms with Gasteiger partial charge < -0.3 is 5.11 Å². The summed E-state index contributed by atoms with van der Waals surface area (Å²) >= 11 is 0. The lowest BCUT2D eigenvalue weighted by Gasteiger charge is -2.00. The third-order valence-corrected chi connectivity index (χ3v) is 2.17. The summed E-state index contributed by atoms with van der Waals surface area (Å²) in [4.78, 5) is 18.6. The van der Waals surface area contributed by atoms with E-state index < -0.39 is 5.97 Å². The molecule has 1 N–H and O–H groups in total. The summed E-state index contributed by atoms with van der Waals surface area (Å²) in [5.41, 5.74) is 1.81. The number of hydrogen-bond donors (Lipinski definition) is 1. The maximum absolute atomic E-state index is 10.4. The molecular weight excluding hydrogens is 192 g/mol. The normalized spacial score (nSPS) is 10.4. The molecule has 4 heteroatoms. The first-order valence-corrected chi connectivity index (χ1v) is 4.66. The predicted octanol–water partition coefficient (Wildman–Crippen LogP) is 1.65. The second-order valence-corrected chi connectivity index (χ2v) is 3.31. The van der Waals surface area contributed by atoms with Gasteiger partial charge in [-0.05, 0) is 24.1 Å². The smallest absolute Gasteiger partial charge is 0.303 e. The number of fused-ring (bicyclic) bond motifs is 1. The molecule has 2 aromatic rings. The molecule has 0 amide bonds. The summed E-state index contributed by atoms with van der Waals surface area (Å²) in [6, 6.07) is 3.76. The molecule has 0 radical (unpaired) electrons. The van der Waals surface area contributed by atoms with Gasteiger partial charge >= 0.3 is 5.97 Å². The highest BCUT2D eigenvalue weighted by Gasteiger charge is 2.01.